The molecule has 2 unspecified atom stereocenters. The first-order valence-electron chi connectivity index (χ1n) is 4.21. The first-order chi connectivity index (χ1) is 5.11. The third-order valence-electron chi connectivity index (χ3n) is 2.47. The summed E-state index contributed by atoms with van der Waals surface area (Å²) >= 11 is 0. The molecule has 0 aromatic heterocycles. The molecule has 11 heavy (non-hydrogen) atoms. The molecule has 0 aliphatic carbocycles. The molecule has 3 atom stereocenters. The summed E-state index contributed by atoms with van der Waals surface area (Å²) in [5, 5.41) is 18.5. The lowest BCUT2D eigenvalue weighted by molar-refractivity contribution is 0.0752. The van der Waals surface area contributed by atoms with E-state index in [-0.39, 0.29) is 18.2 Å². The molecule has 0 aromatic carbocycles. The van der Waals surface area contributed by atoms with Gasteiger partial charge in [0.2, 0.25) is 0 Å². The van der Waals surface area contributed by atoms with Crippen LogP contribution in [0.4, 0.5) is 0 Å². The minimum absolute atomic E-state index is 0.173. The Balaban J connectivity index is 2.36. The van der Waals surface area contributed by atoms with Crippen molar-refractivity contribution in [3.63, 3.8) is 0 Å². The van der Waals surface area contributed by atoms with E-state index in [1.807, 2.05) is 6.92 Å². The Morgan fingerprint density at radius 3 is 2.45 bits per heavy atom. The molecule has 2 N–H and O–H groups in total. The van der Waals surface area contributed by atoms with Gasteiger partial charge in [0.15, 0.2) is 0 Å². The topological polar surface area (TPSA) is 43.7 Å². The lowest BCUT2D eigenvalue weighted by Crippen LogP contribution is -2.39. The second-order valence-corrected chi connectivity index (χ2v) is 3.42. The maximum atomic E-state index is 9.24. The van der Waals surface area contributed by atoms with Crippen LogP contribution in [0.25, 0.3) is 0 Å². The Labute approximate surface area is 67.6 Å². The molecule has 1 aliphatic heterocycles. The van der Waals surface area contributed by atoms with Crippen molar-refractivity contribution in [3.05, 3.63) is 0 Å². The van der Waals surface area contributed by atoms with E-state index in [9.17, 15) is 10.2 Å². The van der Waals surface area contributed by atoms with Crippen LogP contribution in [-0.4, -0.2) is 46.5 Å². The second-order valence-electron chi connectivity index (χ2n) is 3.42. The third kappa shape index (κ3) is 2.15. The summed E-state index contributed by atoms with van der Waals surface area (Å²) in [6.07, 6.45) is 0.355. The molecule has 0 amide bonds. The van der Waals surface area contributed by atoms with Gasteiger partial charge in [-0.1, -0.05) is 0 Å². The fraction of sp³-hybridized carbons (Fsp3) is 1.00. The monoisotopic (exact) mass is 159 g/mol. The molecular formula is C8H17NO2. The van der Waals surface area contributed by atoms with Crippen molar-refractivity contribution < 1.29 is 10.2 Å². The van der Waals surface area contributed by atoms with Gasteiger partial charge in [-0.3, -0.25) is 4.90 Å². The minimum Gasteiger partial charge on any atom is -0.392 e. The van der Waals surface area contributed by atoms with E-state index in [0.29, 0.717) is 6.54 Å². The summed E-state index contributed by atoms with van der Waals surface area (Å²) < 4.78 is 0. The maximum absolute atomic E-state index is 9.24. The average molecular weight is 159 g/mol. The molecule has 1 heterocycles. The Bertz CT molecular complexity index is 127. The lowest BCUT2D eigenvalue weighted by atomic mass is 10.2. The molecule has 0 bridgehead atoms. The van der Waals surface area contributed by atoms with Gasteiger partial charge in [0.1, 0.15) is 0 Å². The summed E-state index contributed by atoms with van der Waals surface area (Å²) in [6, 6.07) is 0.173. The molecule has 66 valence electrons. The zero-order valence-corrected chi connectivity index (χ0v) is 7.20. The molecule has 0 saturated carbocycles. The van der Waals surface area contributed by atoms with Crippen LogP contribution in [0.5, 0.6) is 0 Å². The van der Waals surface area contributed by atoms with Gasteiger partial charge in [-0.2, -0.15) is 0 Å². The van der Waals surface area contributed by atoms with Gasteiger partial charge < -0.3 is 10.2 Å². The molecular weight excluding hydrogens is 142 g/mol. The number of nitrogens with zero attached hydrogens (tertiary/aromatic N) is 1. The normalized spacial score (nSPS) is 32.2. The highest BCUT2D eigenvalue weighted by Gasteiger charge is 2.26. The fourth-order valence-electron chi connectivity index (χ4n) is 1.44. The van der Waals surface area contributed by atoms with E-state index in [1.54, 1.807) is 6.92 Å². The van der Waals surface area contributed by atoms with Gasteiger partial charge in [0.25, 0.3) is 0 Å². The number of rotatable bonds is 2. The highest BCUT2D eigenvalue weighted by molar-refractivity contribution is 4.80. The van der Waals surface area contributed by atoms with E-state index in [0.717, 1.165) is 13.0 Å². The van der Waals surface area contributed by atoms with E-state index in [2.05, 4.69) is 4.90 Å². The van der Waals surface area contributed by atoms with Gasteiger partial charge in [-0.25, -0.2) is 0 Å². The van der Waals surface area contributed by atoms with Crippen LogP contribution in [0.2, 0.25) is 0 Å². The van der Waals surface area contributed by atoms with Crippen LogP contribution >= 0.6 is 0 Å². The highest BCUT2D eigenvalue weighted by Crippen LogP contribution is 2.14. The van der Waals surface area contributed by atoms with Crippen molar-refractivity contribution in [1.29, 1.82) is 0 Å². The standard InChI is InChI=1S/C8H17NO2/c1-6(7(2)10)9-4-3-8(11)5-9/h6-8,10-11H,3-5H2,1-2H3/t6?,7?,8-/m1/s1. The SMILES string of the molecule is CC(O)C(C)N1CC[C@@H](O)C1. The van der Waals surface area contributed by atoms with Crippen LogP contribution in [0.1, 0.15) is 20.3 Å². The molecule has 1 rings (SSSR count). The number of aliphatic hydroxyl groups excluding tert-OH is 2. The zero-order valence-electron chi connectivity index (χ0n) is 7.20. The quantitative estimate of drug-likeness (QED) is 0.587. The van der Waals surface area contributed by atoms with Crippen LogP contribution in [-0.2, 0) is 0 Å². The van der Waals surface area contributed by atoms with Gasteiger partial charge in [-0.05, 0) is 20.3 Å². The van der Waals surface area contributed by atoms with Crippen molar-refractivity contribution in [3.8, 4) is 0 Å². The molecule has 1 aliphatic rings. The van der Waals surface area contributed by atoms with Crippen LogP contribution in [0.15, 0.2) is 0 Å². The minimum atomic E-state index is -0.305. The van der Waals surface area contributed by atoms with E-state index >= 15 is 0 Å². The van der Waals surface area contributed by atoms with Crippen LogP contribution in [0, 0.1) is 0 Å². The Morgan fingerprint density at radius 1 is 1.45 bits per heavy atom. The van der Waals surface area contributed by atoms with Crippen LogP contribution < -0.4 is 0 Å². The molecule has 1 saturated heterocycles. The van der Waals surface area contributed by atoms with Crippen molar-refractivity contribution >= 4 is 0 Å². The van der Waals surface area contributed by atoms with E-state index < -0.39 is 0 Å². The van der Waals surface area contributed by atoms with Crippen molar-refractivity contribution in [1.82, 2.24) is 4.90 Å². The smallest absolute Gasteiger partial charge is 0.0679 e. The molecule has 3 heteroatoms. The Hall–Kier alpha value is -0.120. The molecule has 0 aromatic rings. The first kappa shape index (κ1) is 8.97. The van der Waals surface area contributed by atoms with Gasteiger partial charge in [0.05, 0.1) is 12.2 Å². The number of β-amino-alcohol motifs (C(OH)–C–C–N with tert-alkyl or cyclic N) is 1. The van der Waals surface area contributed by atoms with Crippen molar-refractivity contribution in [2.45, 2.75) is 38.5 Å². The molecule has 1 fully saturated rings. The molecule has 3 nitrogen and oxygen atoms in total. The van der Waals surface area contributed by atoms with E-state index in [4.69, 9.17) is 0 Å². The van der Waals surface area contributed by atoms with Gasteiger partial charge in [-0.15, -0.1) is 0 Å². The summed E-state index contributed by atoms with van der Waals surface area (Å²) in [5.74, 6) is 0. The van der Waals surface area contributed by atoms with Crippen molar-refractivity contribution in [2.75, 3.05) is 13.1 Å². The summed E-state index contributed by atoms with van der Waals surface area (Å²) in [6.45, 7) is 5.40. The zero-order chi connectivity index (χ0) is 8.43. The van der Waals surface area contributed by atoms with Gasteiger partial charge in [0, 0.05) is 19.1 Å². The lowest BCUT2D eigenvalue weighted by Gasteiger charge is -2.25. The second kappa shape index (κ2) is 3.52. The van der Waals surface area contributed by atoms with Gasteiger partial charge >= 0.3 is 0 Å². The molecule has 0 radical (unpaired) electrons. The van der Waals surface area contributed by atoms with Crippen molar-refractivity contribution in [2.24, 2.45) is 0 Å². The summed E-state index contributed by atoms with van der Waals surface area (Å²) in [5.41, 5.74) is 0. The number of hydrogen-bond donors (Lipinski definition) is 2. The highest BCUT2D eigenvalue weighted by atomic mass is 16.3. The van der Waals surface area contributed by atoms with E-state index in [1.165, 1.54) is 0 Å². The molecule has 0 spiro atoms. The number of hydrogen-bond acceptors (Lipinski definition) is 3. The number of likely N-dealkylation sites (tertiary alicyclic amines) is 1. The maximum Gasteiger partial charge on any atom is 0.0679 e. The average Bonchev–Trinajstić information content (AvgIpc) is 2.34. The Kier molecular flexibility index (Phi) is 2.87. The van der Waals surface area contributed by atoms with Crippen LogP contribution in [0.3, 0.4) is 0 Å². The largest absolute Gasteiger partial charge is 0.392 e. The predicted molar refractivity (Wildman–Crippen MR) is 43.3 cm³/mol. The first-order valence-corrected chi connectivity index (χ1v) is 4.21. The third-order valence-corrected chi connectivity index (χ3v) is 2.47. The summed E-state index contributed by atoms with van der Waals surface area (Å²) in [7, 11) is 0. The Morgan fingerprint density at radius 2 is 2.09 bits per heavy atom. The fourth-order valence-corrected chi connectivity index (χ4v) is 1.44. The predicted octanol–water partition coefficient (Wildman–Crippen LogP) is -0.178. The summed E-state index contributed by atoms with van der Waals surface area (Å²) in [4.78, 5) is 2.12. The number of aliphatic hydroxyl groups is 2.